The van der Waals surface area contributed by atoms with Crippen LogP contribution in [0.1, 0.15) is 22.6 Å². The topological polar surface area (TPSA) is 49.2 Å². The van der Waals surface area contributed by atoms with Gasteiger partial charge >= 0.3 is 0 Å². The number of hydrogen-bond acceptors (Lipinski definition) is 4. The molecule has 0 atom stereocenters. The molecule has 2 heterocycles. The van der Waals surface area contributed by atoms with Gasteiger partial charge in [0, 0.05) is 33.8 Å². The number of hydrogen-bond donors (Lipinski definition) is 0. The second-order valence-electron chi connectivity index (χ2n) is 7.29. The van der Waals surface area contributed by atoms with Crippen molar-refractivity contribution < 1.29 is 9.47 Å². The lowest BCUT2D eigenvalue weighted by molar-refractivity contribution is 0.393. The summed E-state index contributed by atoms with van der Waals surface area (Å²) < 4.78 is 13.3. The van der Waals surface area contributed by atoms with Gasteiger partial charge in [0.15, 0.2) is 0 Å². The van der Waals surface area contributed by atoms with E-state index in [-0.39, 0.29) is 12.4 Å². The van der Waals surface area contributed by atoms with E-state index in [2.05, 4.69) is 59.8 Å². The first-order chi connectivity index (χ1) is 14.0. The summed E-state index contributed by atoms with van der Waals surface area (Å²) in [7, 11) is 3.34. The maximum atomic E-state index is 5.67. The molecule has 0 radical (unpaired) electrons. The fourth-order valence-corrected chi connectivity index (χ4v) is 4.04. The maximum Gasteiger partial charge on any atom is 0.146 e. The Hall–Kier alpha value is -3.05. The zero-order chi connectivity index (χ0) is 20.7. The Balaban J connectivity index is 0.00000256. The summed E-state index contributed by atoms with van der Waals surface area (Å²) in [5, 5.41) is 11.3. The van der Waals surface area contributed by atoms with Gasteiger partial charge in [-0.3, -0.25) is 0 Å². The first-order valence-electron chi connectivity index (χ1n) is 9.60. The second-order valence-corrected chi connectivity index (χ2v) is 7.29. The summed E-state index contributed by atoms with van der Waals surface area (Å²) in [5.41, 5.74) is 7.29. The number of nitrogens with zero attached hydrogens (tertiary/aromatic N) is 3. The summed E-state index contributed by atoms with van der Waals surface area (Å²) in [6.45, 7) is 8.34. The molecule has 4 rings (SSSR count). The van der Waals surface area contributed by atoms with Gasteiger partial charge in [-0.1, -0.05) is 29.8 Å². The van der Waals surface area contributed by atoms with Gasteiger partial charge in [-0.25, -0.2) is 0 Å². The van der Waals surface area contributed by atoms with Gasteiger partial charge in [-0.15, -0.1) is 17.5 Å². The average Bonchev–Trinajstić information content (AvgIpc) is 3.00. The van der Waals surface area contributed by atoms with Crippen LogP contribution in [0.15, 0.2) is 42.5 Å². The Labute approximate surface area is 183 Å². The zero-order valence-corrected chi connectivity index (χ0v) is 18.9. The Morgan fingerprint density at radius 3 is 2.07 bits per heavy atom. The van der Waals surface area contributed by atoms with Crippen molar-refractivity contribution in [3.05, 3.63) is 65.1 Å². The van der Waals surface area contributed by atoms with Gasteiger partial charge < -0.3 is 14.0 Å². The molecule has 0 aliphatic carbocycles. The van der Waals surface area contributed by atoms with Crippen LogP contribution in [-0.2, 0) is 0 Å². The number of methoxy groups -OCH3 is 2. The van der Waals surface area contributed by atoms with Crippen molar-refractivity contribution in [2.24, 2.45) is 0 Å². The minimum atomic E-state index is 0. The molecule has 0 N–H and O–H groups in total. The van der Waals surface area contributed by atoms with E-state index in [0.29, 0.717) is 0 Å². The lowest BCUT2D eigenvalue weighted by atomic mass is 10.0. The predicted molar refractivity (Wildman–Crippen MR) is 124 cm³/mol. The first-order valence-corrected chi connectivity index (χ1v) is 9.60. The van der Waals surface area contributed by atoms with Crippen LogP contribution in [0.2, 0.25) is 0 Å². The van der Waals surface area contributed by atoms with Crippen LogP contribution in [0.3, 0.4) is 0 Å². The summed E-state index contributed by atoms with van der Waals surface area (Å²) in [4.78, 5) is 0. The number of halogens is 1. The number of rotatable bonds is 4. The summed E-state index contributed by atoms with van der Waals surface area (Å²) in [6, 6.07) is 14.3. The minimum Gasteiger partial charge on any atom is -0.497 e. The van der Waals surface area contributed by atoms with Crippen molar-refractivity contribution in [2.75, 3.05) is 14.2 Å². The van der Waals surface area contributed by atoms with Crippen molar-refractivity contribution in [2.45, 2.75) is 27.7 Å². The maximum absolute atomic E-state index is 5.67. The zero-order valence-electron chi connectivity index (χ0n) is 18.1. The lowest BCUT2D eigenvalue weighted by Crippen LogP contribution is -2.02. The Morgan fingerprint density at radius 2 is 1.43 bits per heavy atom. The van der Waals surface area contributed by atoms with E-state index in [1.165, 1.54) is 5.56 Å². The molecule has 0 bridgehead atoms. The molecule has 4 aromatic rings. The lowest BCUT2D eigenvalue weighted by Gasteiger charge is -2.15. The number of fused-ring (bicyclic) bond motifs is 1. The molecule has 0 fully saturated rings. The van der Waals surface area contributed by atoms with E-state index < -0.39 is 0 Å². The Bertz CT molecular complexity index is 1210. The van der Waals surface area contributed by atoms with Gasteiger partial charge in [0.25, 0.3) is 0 Å². The molecule has 2 aromatic heterocycles. The molecule has 0 aliphatic heterocycles. The van der Waals surface area contributed by atoms with Crippen LogP contribution >= 0.6 is 12.4 Å². The SMILES string of the molecule is COc1ccc(-n2c(C)c3c(C)nnc(-c4ccc(C)cc4)c3c2C)c(OC)c1.Cl. The number of aromatic nitrogens is 3. The second kappa shape index (κ2) is 8.36. The monoisotopic (exact) mass is 423 g/mol. The van der Waals surface area contributed by atoms with Gasteiger partial charge in [0.2, 0.25) is 0 Å². The van der Waals surface area contributed by atoms with Crippen LogP contribution < -0.4 is 9.47 Å². The van der Waals surface area contributed by atoms with Crippen molar-refractivity contribution in [3.63, 3.8) is 0 Å². The summed E-state index contributed by atoms with van der Waals surface area (Å²) in [5.74, 6) is 1.52. The fraction of sp³-hybridized carbons (Fsp3) is 0.250. The minimum absolute atomic E-state index is 0. The molecule has 30 heavy (non-hydrogen) atoms. The standard InChI is InChI=1S/C24H25N3O2.ClH/c1-14-7-9-18(10-8-14)24-23-17(4)27(16(3)22(23)15(2)25-26-24)20-12-11-19(28-5)13-21(20)29-6;/h7-13H,1-6H3;1H. The highest BCUT2D eigenvalue weighted by molar-refractivity contribution is 6.00. The van der Waals surface area contributed by atoms with Crippen LogP contribution in [0.4, 0.5) is 0 Å². The van der Waals surface area contributed by atoms with Crippen molar-refractivity contribution in [1.29, 1.82) is 0 Å². The van der Waals surface area contributed by atoms with E-state index in [9.17, 15) is 0 Å². The molecule has 0 spiro atoms. The summed E-state index contributed by atoms with van der Waals surface area (Å²) in [6.07, 6.45) is 0. The predicted octanol–water partition coefficient (Wildman–Crippen LogP) is 5.76. The van der Waals surface area contributed by atoms with Crippen LogP contribution in [-0.4, -0.2) is 29.0 Å². The highest BCUT2D eigenvalue weighted by Crippen LogP contribution is 2.38. The quantitative estimate of drug-likeness (QED) is 0.418. The highest BCUT2D eigenvalue weighted by Gasteiger charge is 2.21. The molecular formula is C24H26ClN3O2. The molecule has 5 nitrogen and oxygen atoms in total. The molecule has 0 saturated heterocycles. The largest absolute Gasteiger partial charge is 0.497 e. The highest BCUT2D eigenvalue weighted by atomic mass is 35.5. The van der Waals surface area contributed by atoms with Crippen molar-refractivity contribution in [1.82, 2.24) is 14.8 Å². The average molecular weight is 424 g/mol. The van der Waals surface area contributed by atoms with E-state index >= 15 is 0 Å². The fourth-order valence-electron chi connectivity index (χ4n) is 4.04. The Morgan fingerprint density at radius 1 is 0.767 bits per heavy atom. The number of aryl methyl sites for hydroxylation is 4. The van der Waals surface area contributed by atoms with Gasteiger partial charge in [-0.2, -0.15) is 5.10 Å². The Kier molecular flexibility index (Phi) is 6.04. The molecule has 2 aromatic carbocycles. The normalized spacial score (nSPS) is 10.7. The van der Waals surface area contributed by atoms with Crippen molar-refractivity contribution >= 4 is 23.2 Å². The number of ether oxygens (including phenoxy) is 2. The third-order valence-corrected chi connectivity index (χ3v) is 5.50. The smallest absolute Gasteiger partial charge is 0.146 e. The van der Waals surface area contributed by atoms with Gasteiger partial charge in [-0.05, 0) is 39.8 Å². The molecule has 0 saturated carbocycles. The molecule has 0 aliphatic rings. The van der Waals surface area contributed by atoms with Crippen LogP contribution in [0, 0.1) is 27.7 Å². The van der Waals surface area contributed by atoms with Gasteiger partial charge in [0.05, 0.1) is 25.6 Å². The van der Waals surface area contributed by atoms with E-state index in [1.54, 1.807) is 14.2 Å². The molecule has 0 unspecified atom stereocenters. The van der Waals surface area contributed by atoms with Crippen LogP contribution in [0.5, 0.6) is 11.5 Å². The summed E-state index contributed by atoms with van der Waals surface area (Å²) >= 11 is 0. The first kappa shape index (κ1) is 21.7. The van der Waals surface area contributed by atoms with Crippen LogP contribution in [0.25, 0.3) is 27.7 Å². The number of benzene rings is 2. The molecule has 156 valence electrons. The molecule has 6 heteroatoms. The third kappa shape index (κ3) is 3.39. The van der Waals surface area contributed by atoms with Crippen molar-refractivity contribution in [3.8, 4) is 28.4 Å². The van der Waals surface area contributed by atoms with E-state index in [4.69, 9.17) is 9.47 Å². The van der Waals surface area contributed by atoms with E-state index in [0.717, 1.165) is 56.3 Å². The van der Waals surface area contributed by atoms with E-state index in [1.807, 2.05) is 25.1 Å². The van der Waals surface area contributed by atoms with Gasteiger partial charge in [0.1, 0.15) is 17.2 Å². The molecule has 0 amide bonds. The third-order valence-electron chi connectivity index (χ3n) is 5.50. The molecular weight excluding hydrogens is 398 g/mol.